The molecule has 0 saturated carbocycles. The second kappa shape index (κ2) is 9.30. The van der Waals surface area contributed by atoms with Crippen LogP contribution in [0.3, 0.4) is 0 Å². The molecule has 7 heteroatoms. The smallest absolute Gasteiger partial charge is 0.412 e. The van der Waals surface area contributed by atoms with Gasteiger partial charge in [0.15, 0.2) is 0 Å². The molecule has 1 aromatic carbocycles. The van der Waals surface area contributed by atoms with E-state index in [1.54, 1.807) is 9.80 Å². The first kappa shape index (κ1) is 23.1. The van der Waals surface area contributed by atoms with Gasteiger partial charge in [-0.05, 0) is 53.0 Å². The van der Waals surface area contributed by atoms with Crippen molar-refractivity contribution in [1.82, 2.24) is 9.80 Å². The van der Waals surface area contributed by atoms with Gasteiger partial charge in [-0.1, -0.05) is 42.5 Å². The van der Waals surface area contributed by atoms with Crippen molar-refractivity contribution < 1.29 is 23.8 Å². The number of hydrogen-bond donors (Lipinski definition) is 0. The van der Waals surface area contributed by atoms with Crippen LogP contribution in [0.15, 0.2) is 42.5 Å². The van der Waals surface area contributed by atoms with Crippen molar-refractivity contribution in [1.29, 1.82) is 0 Å². The molecule has 2 atom stereocenters. The van der Waals surface area contributed by atoms with Gasteiger partial charge in [0.05, 0.1) is 18.7 Å². The summed E-state index contributed by atoms with van der Waals surface area (Å²) in [6, 6.07) is 9.27. The van der Waals surface area contributed by atoms with Crippen LogP contribution in [-0.4, -0.2) is 58.5 Å². The van der Waals surface area contributed by atoms with Gasteiger partial charge in [0.2, 0.25) is 0 Å². The van der Waals surface area contributed by atoms with Crippen molar-refractivity contribution in [2.45, 2.75) is 77.5 Å². The number of likely N-dealkylation sites (tertiary alicyclic amines) is 1. The molecule has 31 heavy (non-hydrogen) atoms. The average Bonchev–Trinajstić information content (AvgIpc) is 3.27. The molecule has 2 amide bonds. The minimum atomic E-state index is -0.774. The maximum atomic E-state index is 12.9. The Hall–Kier alpha value is -2.54. The van der Waals surface area contributed by atoms with Crippen molar-refractivity contribution >= 4 is 12.2 Å². The van der Waals surface area contributed by atoms with Gasteiger partial charge in [-0.2, -0.15) is 0 Å². The summed E-state index contributed by atoms with van der Waals surface area (Å²) in [5, 5.41) is 0. The highest BCUT2D eigenvalue weighted by atomic mass is 16.6. The number of hydrogen-bond acceptors (Lipinski definition) is 5. The minimum absolute atomic E-state index is 0.0549. The zero-order valence-electron chi connectivity index (χ0n) is 19.2. The summed E-state index contributed by atoms with van der Waals surface area (Å²) in [6.45, 7) is 10.6. The zero-order valence-corrected chi connectivity index (χ0v) is 19.2. The lowest BCUT2D eigenvalue weighted by Crippen LogP contribution is -2.47. The quantitative estimate of drug-likeness (QED) is 0.647. The van der Waals surface area contributed by atoms with Gasteiger partial charge in [0, 0.05) is 6.54 Å². The summed E-state index contributed by atoms with van der Waals surface area (Å²) in [5.74, 6) is 0. The lowest BCUT2D eigenvalue weighted by atomic mass is 10.1. The van der Waals surface area contributed by atoms with Crippen LogP contribution in [0.2, 0.25) is 0 Å². The molecule has 3 rings (SSSR count). The third-order valence-electron chi connectivity index (χ3n) is 5.40. The van der Waals surface area contributed by atoms with E-state index < -0.39 is 17.4 Å². The Balaban J connectivity index is 1.65. The molecule has 2 fully saturated rings. The Kier molecular flexibility index (Phi) is 6.94. The van der Waals surface area contributed by atoms with Gasteiger partial charge < -0.3 is 19.1 Å². The first-order chi connectivity index (χ1) is 14.6. The highest BCUT2D eigenvalue weighted by Crippen LogP contribution is 2.30. The van der Waals surface area contributed by atoms with Crippen molar-refractivity contribution in [2.75, 3.05) is 13.2 Å². The summed E-state index contributed by atoms with van der Waals surface area (Å²) < 4.78 is 16.9. The molecule has 7 nitrogen and oxygen atoms in total. The molecule has 0 spiro atoms. The lowest BCUT2D eigenvalue weighted by molar-refractivity contribution is -0.0480. The van der Waals surface area contributed by atoms with Crippen LogP contribution in [0.5, 0.6) is 0 Å². The molecular weight excluding hydrogens is 396 g/mol. The molecule has 0 bridgehead atoms. The summed E-state index contributed by atoms with van der Waals surface area (Å²) in [5.41, 5.74) is -0.375. The fourth-order valence-electron chi connectivity index (χ4n) is 3.91. The second-order valence-electron chi connectivity index (χ2n) is 9.50. The summed E-state index contributed by atoms with van der Waals surface area (Å²) in [6.07, 6.45) is 5.00. The normalized spacial score (nSPS) is 23.4. The van der Waals surface area contributed by atoms with Crippen LogP contribution >= 0.6 is 0 Å². The maximum Gasteiger partial charge on any atom is 0.412 e. The topological polar surface area (TPSA) is 68.3 Å². The largest absolute Gasteiger partial charge is 0.444 e. The highest BCUT2D eigenvalue weighted by molar-refractivity contribution is 5.70. The average molecular weight is 431 g/mol. The van der Waals surface area contributed by atoms with Crippen molar-refractivity contribution in [3.8, 4) is 0 Å². The van der Waals surface area contributed by atoms with Crippen LogP contribution in [-0.2, 0) is 20.8 Å². The molecule has 2 aliphatic heterocycles. The molecule has 2 aliphatic rings. The second-order valence-corrected chi connectivity index (χ2v) is 9.50. The number of rotatable bonds is 4. The SMILES string of the molecule is CC(C)(C)OC(=O)N1CCC[C@@H]1/C=C/[C@@H]1COC(C)(C)N1C(=O)OCc1ccccc1. The molecule has 1 aromatic rings. The standard InChI is InChI=1S/C24H34N2O5/c1-23(2,3)31-21(27)25-15-9-12-19(25)13-14-20-17-30-24(4,5)26(20)22(28)29-16-18-10-7-6-8-11-18/h6-8,10-11,13-14,19-20H,9,12,15-17H2,1-5H3/b14-13+/t19-,20-/m1/s1. The van der Waals surface area contributed by atoms with E-state index in [0.29, 0.717) is 13.2 Å². The first-order valence-corrected chi connectivity index (χ1v) is 10.9. The van der Waals surface area contributed by atoms with Crippen LogP contribution < -0.4 is 0 Å². The molecule has 0 aliphatic carbocycles. The Morgan fingerprint density at radius 3 is 2.48 bits per heavy atom. The summed E-state index contributed by atoms with van der Waals surface area (Å²) in [4.78, 5) is 28.8. The molecule has 0 radical (unpaired) electrons. The van der Waals surface area contributed by atoms with Gasteiger partial charge in [0.1, 0.15) is 17.9 Å². The number of carbonyl (C=O) groups is 2. The zero-order chi connectivity index (χ0) is 22.6. The van der Waals surface area contributed by atoms with Crippen LogP contribution in [0.1, 0.15) is 53.0 Å². The predicted octanol–water partition coefficient (Wildman–Crippen LogP) is 4.72. The molecule has 2 saturated heterocycles. The van der Waals surface area contributed by atoms with E-state index in [1.165, 1.54) is 0 Å². The number of amides is 2. The van der Waals surface area contributed by atoms with Crippen LogP contribution in [0.25, 0.3) is 0 Å². The van der Waals surface area contributed by atoms with E-state index in [0.717, 1.165) is 18.4 Å². The molecule has 170 valence electrons. The predicted molar refractivity (Wildman–Crippen MR) is 117 cm³/mol. The lowest BCUT2D eigenvalue weighted by Gasteiger charge is -2.32. The molecule has 0 unspecified atom stereocenters. The summed E-state index contributed by atoms with van der Waals surface area (Å²) in [7, 11) is 0. The fourth-order valence-corrected chi connectivity index (χ4v) is 3.91. The van der Waals surface area contributed by atoms with Gasteiger partial charge in [-0.3, -0.25) is 4.90 Å². The Labute approximate surface area is 184 Å². The third kappa shape index (κ3) is 6.00. The van der Waals surface area contributed by atoms with E-state index in [4.69, 9.17) is 14.2 Å². The maximum absolute atomic E-state index is 12.9. The number of benzene rings is 1. The molecule has 2 heterocycles. The van der Waals surface area contributed by atoms with Gasteiger partial charge in [0.25, 0.3) is 0 Å². The number of carbonyl (C=O) groups excluding carboxylic acids is 2. The third-order valence-corrected chi connectivity index (χ3v) is 5.40. The molecular formula is C24H34N2O5. The number of nitrogens with zero attached hydrogens (tertiary/aromatic N) is 2. The van der Waals surface area contributed by atoms with Crippen molar-refractivity contribution in [2.24, 2.45) is 0 Å². The molecule has 0 aromatic heterocycles. The Bertz CT molecular complexity index is 800. The van der Waals surface area contributed by atoms with Gasteiger partial charge in [-0.15, -0.1) is 0 Å². The Morgan fingerprint density at radius 1 is 1.13 bits per heavy atom. The fraction of sp³-hybridized carbons (Fsp3) is 0.583. The van der Waals surface area contributed by atoms with Crippen molar-refractivity contribution in [3.63, 3.8) is 0 Å². The van der Waals surface area contributed by atoms with E-state index in [9.17, 15) is 9.59 Å². The monoisotopic (exact) mass is 430 g/mol. The van der Waals surface area contributed by atoms with Crippen molar-refractivity contribution in [3.05, 3.63) is 48.0 Å². The van der Waals surface area contributed by atoms with E-state index >= 15 is 0 Å². The highest BCUT2D eigenvalue weighted by Gasteiger charge is 2.44. The minimum Gasteiger partial charge on any atom is -0.444 e. The Morgan fingerprint density at radius 2 is 1.81 bits per heavy atom. The van der Waals surface area contributed by atoms with Crippen LogP contribution in [0.4, 0.5) is 9.59 Å². The van der Waals surface area contributed by atoms with E-state index in [-0.39, 0.29) is 24.8 Å². The first-order valence-electron chi connectivity index (χ1n) is 10.9. The number of ether oxygens (including phenoxy) is 3. The van der Waals surface area contributed by atoms with E-state index in [2.05, 4.69) is 0 Å². The van der Waals surface area contributed by atoms with E-state index in [1.807, 2.05) is 77.1 Å². The van der Waals surface area contributed by atoms with Gasteiger partial charge >= 0.3 is 12.2 Å². The van der Waals surface area contributed by atoms with Crippen LogP contribution in [0, 0.1) is 0 Å². The molecule has 0 N–H and O–H groups in total. The summed E-state index contributed by atoms with van der Waals surface area (Å²) >= 11 is 0. The van der Waals surface area contributed by atoms with Gasteiger partial charge in [-0.25, -0.2) is 9.59 Å².